The molecule has 0 bridgehead atoms. The number of hydrogen-bond acceptors (Lipinski definition) is 10. The minimum absolute atomic E-state index is 0. The Bertz CT molecular complexity index is 780. The van der Waals surface area contributed by atoms with Gasteiger partial charge in [0.15, 0.2) is 4.34 Å². The molecule has 0 atom stereocenters. The molecular weight excluding hydrogens is 393 g/mol. The molecule has 0 aliphatic heterocycles. The van der Waals surface area contributed by atoms with Crippen LogP contribution in [0.15, 0.2) is 38.8 Å². The summed E-state index contributed by atoms with van der Waals surface area (Å²) < 4.78 is 32.5. The number of nitrogens with zero attached hydrogens (tertiary/aromatic N) is 4. The molecule has 130 valence electrons. The third-order valence-corrected chi connectivity index (χ3v) is 5.22. The van der Waals surface area contributed by atoms with Crippen molar-refractivity contribution in [2.24, 2.45) is 10.2 Å². The molecule has 2 aromatic rings. The minimum Gasteiger partial charge on any atom is -0.747 e. The number of aromatic nitrogens is 2. The number of azo groups is 1. The normalized spacial score (nSPS) is 11.4. The van der Waals surface area contributed by atoms with Crippen molar-refractivity contribution in [3.63, 3.8) is 0 Å². The maximum Gasteiger partial charge on any atom is 1.00 e. The second-order valence-electron chi connectivity index (χ2n) is 4.68. The van der Waals surface area contributed by atoms with Gasteiger partial charge in [0, 0.05) is 11.4 Å². The van der Waals surface area contributed by atoms with Crippen LogP contribution in [0, 0.1) is 0 Å². The maximum absolute atomic E-state index is 10.6. The Labute approximate surface area is 177 Å². The van der Waals surface area contributed by atoms with Crippen LogP contribution in [0.2, 0.25) is 0 Å². The van der Waals surface area contributed by atoms with E-state index in [4.69, 9.17) is 0 Å². The molecule has 0 saturated carbocycles. The molecule has 0 unspecified atom stereocenters. The number of rotatable bonds is 9. The predicted octanol–water partition coefficient (Wildman–Crippen LogP) is 0.764. The van der Waals surface area contributed by atoms with Crippen molar-refractivity contribution < 1.29 is 42.5 Å². The Balaban J connectivity index is 0.00000312. The monoisotopic (exact) mass is 409 g/mol. The molecule has 1 aromatic heterocycles. The van der Waals surface area contributed by atoms with Crippen LogP contribution in [0.5, 0.6) is 0 Å². The van der Waals surface area contributed by atoms with Gasteiger partial charge in [-0.25, -0.2) is 8.42 Å². The third-order valence-electron chi connectivity index (χ3n) is 2.69. The Morgan fingerprint density at radius 2 is 1.96 bits per heavy atom. The summed E-state index contributed by atoms with van der Waals surface area (Å²) >= 11 is 3.04. The van der Waals surface area contributed by atoms with Crippen molar-refractivity contribution in [1.29, 1.82) is 0 Å². The summed E-state index contributed by atoms with van der Waals surface area (Å²) in [6, 6.07) is 6.54. The van der Waals surface area contributed by atoms with Crippen molar-refractivity contribution >= 4 is 49.7 Å². The van der Waals surface area contributed by atoms with Gasteiger partial charge in [-0.15, -0.1) is 20.4 Å². The molecule has 0 saturated heterocycles. The molecule has 0 radical (unpaired) electrons. The maximum atomic E-state index is 10.6. The van der Waals surface area contributed by atoms with Crippen LogP contribution in [-0.2, 0) is 10.1 Å². The van der Waals surface area contributed by atoms with E-state index < -0.39 is 16.0 Å². The summed E-state index contributed by atoms with van der Waals surface area (Å²) in [7, 11) is -4.30. The molecule has 0 amide bonds. The van der Waals surface area contributed by atoms with Gasteiger partial charge in [-0.1, -0.05) is 36.4 Å². The van der Waals surface area contributed by atoms with Gasteiger partial charge in [0.1, 0.15) is 16.0 Å². The van der Waals surface area contributed by atoms with Crippen molar-refractivity contribution in [2.45, 2.75) is 24.1 Å². The fourth-order valence-electron chi connectivity index (χ4n) is 1.52. The van der Waals surface area contributed by atoms with E-state index in [2.05, 4.69) is 32.7 Å². The van der Waals surface area contributed by atoms with E-state index in [0.717, 1.165) is 22.9 Å². The van der Waals surface area contributed by atoms with E-state index in [-0.39, 0.29) is 29.6 Å². The molecule has 12 heteroatoms. The largest absolute Gasteiger partial charge is 1.00 e. The first-order valence-corrected chi connectivity index (χ1v) is 10.5. The summed E-state index contributed by atoms with van der Waals surface area (Å²) in [6.45, 7) is 2.14. The molecule has 8 nitrogen and oxygen atoms in total. The SMILES string of the molecule is CCCCSc1nnc(N=Nc2ccc(NCS(=O)(=O)[O-])cc2)s1.[Na+]. The summed E-state index contributed by atoms with van der Waals surface area (Å²) in [5.41, 5.74) is 1.10. The van der Waals surface area contributed by atoms with Crippen LogP contribution < -0.4 is 34.9 Å². The topological polar surface area (TPSA) is 120 Å². The van der Waals surface area contributed by atoms with Crippen molar-refractivity contribution in [2.75, 3.05) is 16.9 Å². The van der Waals surface area contributed by atoms with Crippen molar-refractivity contribution in [1.82, 2.24) is 10.2 Å². The van der Waals surface area contributed by atoms with E-state index in [1.807, 2.05) is 0 Å². The van der Waals surface area contributed by atoms with Crippen LogP contribution >= 0.6 is 23.1 Å². The number of thioether (sulfide) groups is 1. The van der Waals surface area contributed by atoms with Gasteiger partial charge in [-0.2, -0.15) is 0 Å². The smallest absolute Gasteiger partial charge is 0.747 e. The second kappa shape index (κ2) is 11.2. The third kappa shape index (κ3) is 9.08. The van der Waals surface area contributed by atoms with Gasteiger partial charge < -0.3 is 9.87 Å². The first kappa shape index (κ1) is 22.5. The zero-order chi connectivity index (χ0) is 17.4. The van der Waals surface area contributed by atoms with Crippen molar-refractivity contribution in [3.05, 3.63) is 24.3 Å². The quantitative estimate of drug-likeness (QED) is 0.213. The van der Waals surface area contributed by atoms with E-state index in [0.29, 0.717) is 16.5 Å². The van der Waals surface area contributed by atoms with E-state index in [1.165, 1.54) is 11.3 Å². The van der Waals surface area contributed by atoms with Crippen molar-refractivity contribution in [3.8, 4) is 0 Å². The van der Waals surface area contributed by atoms with Gasteiger partial charge in [0.25, 0.3) is 5.13 Å². The van der Waals surface area contributed by atoms with Gasteiger partial charge in [-0.3, -0.25) is 0 Å². The van der Waals surface area contributed by atoms with Crippen LogP contribution in [0.3, 0.4) is 0 Å². The Morgan fingerprint density at radius 1 is 1.24 bits per heavy atom. The summed E-state index contributed by atoms with van der Waals surface area (Å²) in [5.74, 6) is 0.354. The molecule has 0 aliphatic carbocycles. The fourth-order valence-corrected chi connectivity index (χ4v) is 3.68. The Hall–Kier alpha value is -0.560. The van der Waals surface area contributed by atoms with Gasteiger partial charge in [0.05, 0.1) is 5.69 Å². The number of benzene rings is 1. The number of anilines is 1. The average molecular weight is 409 g/mol. The molecule has 0 fully saturated rings. The number of nitrogens with one attached hydrogen (secondary N) is 1. The summed E-state index contributed by atoms with van der Waals surface area (Å²) in [6.07, 6.45) is 2.28. The zero-order valence-corrected chi connectivity index (χ0v) is 18.3. The van der Waals surface area contributed by atoms with E-state index >= 15 is 0 Å². The Morgan fingerprint density at radius 3 is 2.60 bits per heavy atom. The molecule has 2 rings (SSSR count). The number of hydrogen-bond donors (Lipinski definition) is 1. The molecule has 0 spiro atoms. The van der Waals surface area contributed by atoms with E-state index in [9.17, 15) is 13.0 Å². The molecule has 25 heavy (non-hydrogen) atoms. The van der Waals surface area contributed by atoms with Crippen LogP contribution in [0.4, 0.5) is 16.5 Å². The second-order valence-corrected chi connectivity index (χ2v) is 8.38. The number of unbranched alkanes of at least 4 members (excludes halogenated alkanes) is 1. The summed E-state index contributed by atoms with van der Waals surface area (Å²) in [4.78, 5) is 0. The molecule has 1 aromatic carbocycles. The van der Waals surface area contributed by atoms with Crippen LogP contribution in [0.1, 0.15) is 19.8 Å². The zero-order valence-electron chi connectivity index (χ0n) is 13.9. The molecule has 0 aliphatic rings. The average Bonchev–Trinajstić information content (AvgIpc) is 2.99. The first-order valence-electron chi connectivity index (χ1n) is 7.12. The fraction of sp³-hybridized carbons (Fsp3) is 0.385. The van der Waals surface area contributed by atoms with Gasteiger partial charge >= 0.3 is 29.6 Å². The standard InChI is InChI=1S/C13H17N5O3S3.Na/c1-2-3-8-22-13-18-17-12(23-13)16-15-11-6-4-10(5-7-11)14-9-24(19,20)21;/h4-7,14H,2-3,8-9H2,1H3,(H,19,20,21);/q;+1/p-1. The molecule has 1 heterocycles. The minimum atomic E-state index is -4.30. The molecular formula is C13H16N5NaO3S3. The van der Waals surface area contributed by atoms with Gasteiger partial charge in [-0.05, 0) is 30.7 Å². The van der Waals surface area contributed by atoms with Crippen LogP contribution in [-0.4, -0.2) is 34.8 Å². The predicted molar refractivity (Wildman–Crippen MR) is 94.3 cm³/mol. The molecule has 1 N–H and O–H groups in total. The van der Waals surface area contributed by atoms with Gasteiger partial charge in [0.2, 0.25) is 0 Å². The first-order chi connectivity index (χ1) is 11.5. The van der Waals surface area contributed by atoms with Crippen LogP contribution in [0.25, 0.3) is 0 Å². The summed E-state index contributed by atoms with van der Waals surface area (Å²) in [5, 5.41) is 19.1. The Kier molecular flexibility index (Phi) is 10.1. The van der Waals surface area contributed by atoms with E-state index in [1.54, 1.807) is 36.0 Å².